The van der Waals surface area contributed by atoms with Gasteiger partial charge in [0.2, 0.25) is 10.0 Å². The van der Waals surface area contributed by atoms with Gasteiger partial charge in [-0.3, -0.25) is 9.10 Å². The molecule has 8 nitrogen and oxygen atoms in total. The number of sulfonamides is 1. The molecule has 11 heteroatoms. The summed E-state index contributed by atoms with van der Waals surface area (Å²) in [5.41, 5.74) is 8.27. The van der Waals surface area contributed by atoms with Crippen molar-refractivity contribution in [3.05, 3.63) is 83.4 Å². The number of nitrogens with two attached hydrogens (primary N) is 1. The number of anilines is 1. The van der Waals surface area contributed by atoms with Gasteiger partial charge in [-0.05, 0) is 62.5 Å². The lowest BCUT2D eigenvalue weighted by Crippen LogP contribution is -2.41. The normalized spacial score (nSPS) is 16.3. The van der Waals surface area contributed by atoms with Crippen molar-refractivity contribution in [2.24, 2.45) is 5.73 Å². The first kappa shape index (κ1) is 28.8. The van der Waals surface area contributed by atoms with E-state index in [9.17, 15) is 17.6 Å². The standard InChI is InChI=1S/C30H32BFN2O6S/c1-29(2)30(3,4)40-31(39-29)20-9-7-8-19(15-20)22-16-23-25(17-24(22)34(5)41(6,36)37)38-26(27(23)28(33)35)14-18-10-12-21(32)13-11-18/h7-13,15-17H,14H2,1-6H3,(H2,33,35). The van der Waals surface area contributed by atoms with Gasteiger partial charge < -0.3 is 19.5 Å². The number of primary amides is 1. The molecular formula is C30H32BFN2O6S. The van der Waals surface area contributed by atoms with Gasteiger partial charge in [-0.25, -0.2) is 12.8 Å². The van der Waals surface area contributed by atoms with Crippen LogP contribution >= 0.6 is 0 Å². The summed E-state index contributed by atoms with van der Waals surface area (Å²) >= 11 is 0. The summed E-state index contributed by atoms with van der Waals surface area (Å²) in [4.78, 5) is 12.7. The fraction of sp³-hybridized carbons (Fsp3) is 0.300. The minimum atomic E-state index is -3.67. The van der Waals surface area contributed by atoms with Gasteiger partial charge in [0, 0.05) is 30.5 Å². The molecule has 0 bridgehead atoms. The molecule has 0 saturated carbocycles. The van der Waals surface area contributed by atoms with Crippen LogP contribution in [0.1, 0.15) is 49.4 Å². The lowest BCUT2D eigenvalue weighted by molar-refractivity contribution is 0.00578. The molecule has 1 aliphatic rings. The molecule has 1 amide bonds. The molecule has 0 unspecified atom stereocenters. The van der Waals surface area contributed by atoms with Gasteiger partial charge in [0.25, 0.3) is 5.91 Å². The molecule has 0 spiro atoms. The van der Waals surface area contributed by atoms with Crippen LogP contribution in [0.4, 0.5) is 10.1 Å². The Hall–Kier alpha value is -3.67. The van der Waals surface area contributed by atoms with Crippen molar-refractivity contribution in [3.8, 4) is 11.1 Å². The van der Waals surface area contributed by atoms with E-state index < -0.39 is 34.3 Å². The second kappa shape index (κ2) is 10.0. The molecule has 2 heterocycles. The van der Waals surface area contributed by atoms with Crippen LogP contribution in [-0.2, 0) is 25.8 Å². The second-order valence-electron chi connectivity index (χ2n) is 11.4. The number of fused-ring (bicyclic) bond motifs is 1. The van der Waals surface area contributed by atoms with Crippen molar-refractivity contribution >= 4 is 45.2 Å². The fourth-order valence-corrected chi connectivity index (χ4v) is 5.38. The molecule has 5 rings (SSSR count). The molecule has 4 aromatic rings. The van der Waals surface area contributed by atoms with Gasteiger partial charge >= 0.3 is 7.12 Å². The highest BCUT2D eigenvalue weighted by Crippen LogP contribution is 2.40. The molecule has 1 aromatic heterocycles. The molecule has 41 heavy (non-hydrogen) atoms. The molecule has 214 valence electrons. The van der Waals surface area contributed by atoms with Gasteiger partial charge in [0.1, 0.15) is 17.2 Å². The second-order valence-corrected chi connectivity index (χ2v) is 13.4. The lowest BCUT2D eigenvalue weighted by Gasteiger charge is -2.32. The maximum Gasteiger partial charge on any atom is 0.494 e. The predicted molar refractivity (Wildman–Crippen MR) is 158 cm³/mol. The minimum absolute atomic E-state index is 0.182. The van der Waals surface area contributed by atoms with E-state index in [1.165, 1.54) is 19.2 Å². The topological polar surface area (TPSA) is 112 Å². The van der Waals surface area contributed by atoms with Gasteiger partial charge in [-0.15, -0.1) is 0 Å². The summed E-state index contributed by atoms with van der Waals surface area (Å²) in [5, 5.41) is 0.441. The SMILES string of the molecule is CN(c1cc2oc(Cc3ccc(F)cc3)c(C(N)=O)c2cc1-c1cccc(B2OC(C)(C)C(C)(C)O2)c1)S(C)(=O)=O. The molecule has 0 radical (unpaired) electrons. The number of carbonyl (C=O) groups excluding carboxylic acids is 1. The first-order valence-corrected chi connectivity index (χ1v) is 15.0. The number of amides is 1. The van der Waals surface area contributed by atoms with E-state index in [0.717, 1.165) is 21.6 Å². The van der Waals surface area contributed by atoms with Crippen LogP contribution in [0, 0.1) is 5.82 Å². The van der Waals surface area contributed by atoms with Crippen molar-refractivity contribution in [1.82, 2.24) is 0 Å². The number of carbonyl (C=O) groups is 1. The van der Waals surface area contributed by atoms with Crippen LogP contribution < -0.4 is 15.5 Å². The van der Waals surface area contributed by atoms with Gasteiger partial charge in [0.05, 0.1) is 28.7 Å². The number of halogens is 1. The van der Waals surface area contributed by atoms with Crippen LogP contribution in [-0.4, -0.2) is 45.9 Å². The van der Waals surface area contributed by atoms with Gasteiger partial charge in [-0.2, -0.15) is 0 Å². The number of nitrogens with zero attached hydrogens (tertiary/aromatic N) is 1. The van der Waals surface area contributed by atoms with Crippen molar-refractivity contribution < 1.29 is 31.3 Å². The first-order valence-electron chi connectivity index (χ1n) is 13.1. The Bertz CT molecular complexity index is 1750. The maximum absolute atomic E-state index is 13.5. The van der Waals surface area contributed by atoms with Crippen LogP contribution in [0.3, 0.4) is 0 Å². The molecule has 0 atom stereocenters. The molecule has 3 aromatic carbocycles. The molecule has 1 fully saturated rings. The summed E-state index contributed by atoms with van der Waals surface area (Å²) in [6.07, 6.45) is 1.30. The summed E-state index contributed by atoms with van der Waals surface area (Å²) in [6, 6.07) is 16.6. The number of hydrogen-bond donors (Lipinski definition) is 1. The zero-order valence-corrected chi connectivity index (χ0v) is 24.6. The summed E-state index contributed by atoms with van der Waals surface area (Å²) < 4.78 is 58.5. The third-order valence-electron chi connectivity index (χ3n) is 7.96. The van der Waals surface area contributed by atoms with Crippen molar-refractivity contribution in [2.45, 2.75) is 45.3 Å². The monoisotopic (exact) mass is 578 g/mol. The summed E-state index contributed by atoms with van der Waals surface area (Å²) in [7, 11) is -2.84. The van der Waals surface area contributed by atoms with Crippen molar-refractivity contribution in [1.29, 1.82) is 0 Å². The predicted octanol–water partition coefficient (Wildman–Crippen LogP) is 4.62. The largest absolute Gasteiger partial charge is 0.494 e. The minimum Gasteiger partial charge on any atom is -0.460 e. The van der Waals surface area contributed by atoms with Gasteiger partial charge in [-0.1, -0.05) is 36.4 Å². The maximum atomic E-state index is 13.5. The van der Waals surface area contributed by atoms with E-state index in [-0.39, 0.29) is 17.8 Å². The zero-order valence-electron chi connectivity index (χ0n) is 23.8. The third kappa shape index (κ3) is 5.37. The summed E-state index contributed by atoms with van der Waals surface area (Å²) in [6.45, 7) is 7.88. The Morgan fingerprint density at radius 3 is 2.22 bits per heavy atom. The molecule has 0 aliphatic carbocycles. The molecular weight excluding hydrogens is 546 g/mol. The lowest BCUT2D eigenvalue weighted by atomic mass is 9.78. The van der Waals surface area contributed by atoms with Crippen molar-refractivity contribution in [2.75, 3.05) is 17.6 Å². The van der Waals surface area contributed by atoms with E-state index in [4.69, 9.17) is 19.5 Å². The smallest absolute Gasteiger partial charge is 0.460 e. The highest BCUT2D eigenvalue weighted by Gasteiger charge is 2.51. The number of hydrogen-bond acceptors (Lipinski definition) is 6. The quantitative estimate of drug-likeness (QED) is 0.321. The van der Waals surface area contributed by atoms with E-state index in [1.807, 2.05) is 52.0 Å². The molecule has 1 aliphatic heterocycles. The van der Waals surface area contributed by atoms with E-state index in [1.54, 1.807) is 24.3 Å². The average molecular weight is 578 g/mol. The van der Waals surface area contributed by atoms with E-state index in [0.29, 0.717) is 33.5 Å². The molecule has 2 N–H and O–H groups in total. The average Bonchev–Trinajstić information content (AvgIpc) is 3.35. The Kier molecular flexibility index (Phi) is 7.04. The van der Waals surface area contributed by atoms with Crippen LogP contribution in [0.25, 0.3) is 22.1 Å². The Labute approximate surface area is 239 Å². The Morgan fingerprint density at radius 2 is 1.63 bits per heavy atom. The Morgan fingerprint density at radius 1 is 1.00 bits per heavy atom. The number of benzene rings is 3. The van der Waals surface area contributed by atoms with Crippen LogP contribution in [0.15, 0.2) is 65.1 Å². The first-order chi connectivity index (χ1) is 19.1. The molecule has 1 saturated heterocycles. The zero-order chi connectivity index (χ0) is 29.9. The number of furan rings is 1. The highest BCUT2D eigenvalue weighted by molar-refractivity contribution is 7.92. The van der Waals surface area contributed by atoms with Crippen molar-refractivity contribution in [3.63, 3.8) is 0 Å². The highest BCUT2D eigenvalue weighted by atomic mass is 32.2. The third-order valence-corrected chi connectivity index (χ3v) is 9.15. The van der Waals surface area contributed by atoms with Crippen LogP contribution in [0.5, 0.6) is 0 Å². The summed E-state index contributed by atoms with van der Waals surface area (Å²) in [5.74, 6) is -0.772. The van der Waals surface area contributed by atoms with E-state index >= 15 is 0 Å². The number of rotatable bonds is 7. The fourth-order valence-electron chi connectivity index (χ4n) is 4.87. The van der Waals surface area contributed by atoms with Gasteiger partial charge in [0.15, 0.2) is 0 Å². The Balaban J connectivity index is 1.68. The van der Waals surface area contributed by atoms with Crippen LogP contribution in [0.2, 0.25) is 0 Å². The van der Waals surface area contributed by atoms with E-state index in [2.05, 4.69) is 0 Å².